The number of halogens is 1. The van der Waals surface area contributed by atoms with E-state index in [9.17, 15) is 0 Å². The molecule has 0 bridgehead atoms. The van der Waals surface area contributed by atoms with E-state index >= 15 is 0 Å². The van der Waals surface area contributed by atoms with Crippen molar-refractivity contribution in [1.29, 1.82) is 0 Å². The van der Waals surface area contributed by atoms with Crippen molar-refractivity contribution in [2.75, 3.05) is 13.2 Å². The summed E-state index contributed by atoms with van der Waals surface area (Å²) in [6.07, 6.45) is 1.02. The van der Waals surface area contributed by atoms with Gasteiger partial charge >= 0.3 is 8.80 Å². The van der Waals surface area contributed by atoms with Gasteiger partial charge in [0.1, 0.15) is 5.01 Å². The van der Waals surface area contributed by atoms with E-state index in [2.05, 4.69) is 22.9 Å². The molecular formula is C9H21BrO3Si. The molecule has 0 saturated heterocycles. The number of hydrogen-bond donors (Lipinski definition) is 0. The van der Waals surface area contributed by atoms with E-state index in [4.69, 9.17) is 13.3 Å². The van der Waals surface area contributed by atoms with Crippen LogP contribution in [0.3, 0.4) is 0 Å². The van der Waals surface area contributed by atoms with Crippen molar-refractivity contribution in [2.24, 2.45) is 0 Å². The second-order valence-electron chi connectivity index (χ2n) is 2.96. The van der Waals surface area contributed by atoms with Crippen molar-refractivity contribution in [2.45, 2.75) is 45.2 Å². The molecule has 1 atom stereocenters. The smallest absolute Gasteiger partial charge is 0.374 e. The summed E-state index contributed by atoms with van der Waals surface area (Å²) in [7, 11) is -2.41. The van der Waals surface area contributed by atoms with E-state index in [-0.39, 0.29) is 5.01 Å². The number of rotatable bonds is 8. The van der Waals surface area contributed by atoms with Crippen LogP contribution in [0.15, 0.2) is 0 Å². The summed E-state index contributed by atoms with van der Waals surface area (Å²) in [6.45, 7) is 9.28. The van der Waals surface area contributed by atoms with Crippen LogP contribution in [0, 0.1) is 0 Å². The van der Waals surface area contributed by atoms with Gasteiger partial charge in [0, 0.05) is 19.3 Å². The van der Waals surface area contributed by atoms with E-state index in [1.165, 1.54) is 0 Å². The predicted molar refractivity (Wildman–Crippen MR) is 63.6 cm³/mol. The molecule has 0 N–H and O–H groups in total. The summed E-state index contributed by atoms with van der Waals surface area (Å²) in [4.78, 5) is 0. The Morgan fingerprint density at radius 1 is 1.14 bits per heavy atom. The second-order valence-corrected chi connectivity index (χ2v) is 6.93. The van der Waals surface area contributed by atoms with E-state index in [0.29, 0.717) is 13.2 Å². The Labute approximate surface area is 96.6 Å². The molecule has 0 heterocycles. The molecule has 0 saturated carbocycles. The molecule has 0 spiro atoms. The van der Waals surface area contributed by atoms with Gasteiger partial charge in [-0.25, -0.2) is 0 Å². The molecule has 0 aliphatic rings. The van der Waals surface area contributed by atoms with Crippen LogP contribution in [0.5, 0.6) is 0 Å². The zero-order valence-electron chi connectivity index (χ0n) is 9.51. The summed E-state index contributed by atoms with van der Waals surface area (Å²) < 4.78 is 17.1. The third kappa shape index (κ3) is 5.46. The largest absolute Gasteiger partial charge is 0.501 e. The van der Waals surface area contributed by atoms with Crippen molar-refractivity contribution in [1.82, 2.24) is 0 Å². The molecule has 1 unspecified atom stereocenters. The van der Waals surface area contributed by atoms with Gasteiger partial charge in [0.15, 0.2) is 0 Å². The predicted octanol–water partition coefficient (Wildman–Crippen LogP) is 3.17. The lowest BCUT2D eigenvalue weighted by Gasteiger charge is -2.29. The SMILES string of the molecule is CCC[Si](OCC)(OCC)OC(C)Br. The van der Waals surface area contributed by atoms with Crippen molar-refractivity contribution in [3.05, 3.63) is 0 Å². The first-order valence-electron chi connectivity index (χ1n) is 5.20. The Hall–Kier alpha value is 0.577. The minimum Gasteiger partial charge on any atom is -0.374 e. The maximum Gasteiger partial charge on any atom is 0.501 e. The van der Waals surface area contributed by atoms with Crippen LogP contribution >= 0.6 is 15.9 Å². The lowest BCUT2D eigenvalue weighted by atomic mass is 10.6. The van der Waals surface area contributed by atoms with Gasteiger partial charge in [-0.3, -0.25) is 0 Å². The first kappa shape index (κ1) is 14.6. The second kappa shape index (κ2) is 7.82. The van der Waals surface area contributed by atoms with E-state index in [1.54, 1.807) is 0 Å². The Balaban J connectivity index is 4.37. The van der Waals surface area contributed by atoms with E-state index in [1.807, 2.05) is 20.8 Å². The van der Waals surface area contributed by atoms with Crippen LogP contribution in [0.25, 0.3) is 0 Å². The summed E-state index contributed by atoms with van der Waals surface area (Å²) >= 11 is 3.37. The summed E-state index contributed by atoms with van der Waals surface area (Å²) in [5.41, 5.74) is 0. The fraction of sp³-hybridized carbons (Fsp3) is 1.00. The number of alkyl halides is 1. The average molecular weight is 285 g/mol. The highest BCUT2D eigenvalue weighted by Crippen LogP contribution is 2.21. The molecule has 0 aromatic rings. The Morgan fingerprint density at radius 2 is 1.64 bits per heavy atom. The fourth-order valence-corrected chi connectivity index (χ4v) is 4.77. The van der Waals surface area contributed by atoms with Crippen molar-refractivity contribution >= 4 is 24.7 Å². The summed E-state index contributed by atoms with van der Waals surface area (Å²) in [5, 5.41) is -0.0150. The topological polar surface area (TPSA) is 27.7 Å². The van der Waals surface area contributed by atoms with Crippen LogP contribution in [0.2, 0.25) is 6.04 Å². The standard InChI is InChI=1S/C9H21BrO3Si/c1-5-8-14(11-6-2,12-7-3)13-9(4)10/h9H,5-8H2,1-4H3. The number of hydrogen-bond acceptors (Lipinski definition) is 3. The molecule has 0 radical (unpaired) electrons. The van der Waals surface area contributed by atoms with Crippen molar-refractivity contribution in [3.63, 3.8) is 0 Å². The zero-order chi connectivity index (χ0) is 11.0. The molecular weight excluding hydrogens is 264 g/mol. The third-order valence-electron chi connectivity index (χ3n) is 1.63. The van der Waals surface area contributed by atoms with Gasteiger partial charge in [-0.2, -0.15) is 0 Å². The normalized spacial score (nSPS) is 14.4. The van der Waals surface area contributed by atoms with Crippen LogP contribution < -0.4 is 0 Å². The highest BCUT2D eigenvalue weighted by Gasteiger charge is 2.40. The minimum atomic E-state index is -2.41. The van der Waals surface area contributed by atoms with Gasteiger partial charge in [0.2, 0.25) is 0 Å². The fourth-order valence-electron chi connectivity index (χ4n) is 1.31. The molecule has 86 valence electrons. The van der Waals surface area contributed by atoms with Crippen LogP contribution in [-0.2, 0) is 13.3 Å². The van der Waals surface area contributed by atoms with Gasteiger partial charge < -0.3 is 13.3 Å². The van der Waals surface area contributed by atoms with E-state index < -0.39 is 8.80 Å². The quantitative estimate of drug-likeness (QED) is 0.506. The van der Waals surface area contributed by atoms with Crippen LogP contribution in [-0.4, -0.2) is 27.0 Å². The molecule has 14 heavy (non-hydrogen) atoms. The first-order chi connectivity index (χ1) is 6.60. The maximum atomic E-state index is 5.77. The van der Waals surface area contributed by atoms with Gasteiger partial charge in [0.25, 0.3) is 0 Å². The zero-order valence-corrected chi connectivity index (χ0v) is 12.1. The van der Waals surface area contributed by atoms with Gasteiger partial charge in [0.05, 0.1) is 0 Å². The molecule has 3 nitrogen and oxygen atoms in total. The first-order valence-corrected chi connectivity index (χ1v) is 8.04. The molecule has 0 aromatic heterocycles. The van der Waals surface area contributed by atoms with Crippen LogP contribution in [0.1, 0.15) is 34.1 Å². The molecule has 0 fully saturated rings. The monoisotopic (exact) mass is 284 g/mol. The Kier molecular flexibility index (Phi) is 8.14. The average Bonchev–Trinajstić information content (AvgIpc) is 2.03. The van der Waals surface area contributed by atoms with Crippen molar-refractivity contribution in [3.8, 4) is 0 Å². The summed E-state index contributed by atoms with van der Waals surface area (Å²) in [5.74, 6) is 0. The molecule has 0 aliphatic carbocycles. The molecule has 0 aliphatic heterocycles. The molecule has 0 aromatic carbocycles. The third-order valence-corrected chi connectivity index (χ3v) is 5.44. The van der Waals surface area contributed by atoms with Crippen LogP contribution in [0.4, 0.5) is 0 Å². The summed E-state index contributed by atoms with van der Waals surface area (Å²) in [6, 6.07) is 0.880. The minimum absolute atomic E-state index is 0.0150. The van der Waals surface area contributed by atoms with Gasteiger partial charge in [-0.05, 0) is 20.8 Å². The highest BCUT2D eigenvalue weighted by atomic mass is 79.9. The maximum absolute atomic E-state index is 5.77. The van der Waals surface area contributed by atoms with Gasteiger partial charge in [-0.15, -0.1) is 0 Å². The van der Waals surface area contributed by atoms with E-state index in [0.717, 1.165) is 12.5 Å². The Bertz CT molecular complexity index is 127. The van der Waals surface area contributed by atoms with Gasteiger partial charge in [-0.1, -0.05) is 29.3 Å². The molecule has 5 heteroatoms. The highest BCUT2D eigenvalue weighted by molar-refractivity contribution is 9.09. The lowest BCUT2D eigenvalue weighted by molar-refractivity contribution is 0.0643. The van der Waals surface area contributed by atoms with Crippen molar-refractivity contribution < 1.29 is 13.3 Å². The molecule has 0 amide bonds. The lowest BCUT2D eigenvalue weighted by Crippen LogP contribution is -2.47. The Morgan fingerprint density at radius 3 is 1.93 bits per heavy atom. The molecule has 0 rings (SSSR count).